The summed E-state index contributed by atoms with van der Waals surface area (Å²) in [6.07, 6.45) is 6.06. The third-order valence-electron chi connectivity index (χ3n) is 4.68. The van der Waals surface area contributed by atoms with E-state index in [1.54, 1.807) is 0 Å². The third-order valence-corrected chi connectivity index (χ3v) is 4.68. The van der Waals surface area contributed by atoms with Gasteiger partial charge in [-0.1, -0.05) is 42.5 Å². The minimum absolute atomic E-state index is 0.0498. The Balaban J connectivity index is 1.53. The van der Waals surface area contributed by atoms with Crippen LogP contribution in [0.1, 0.15) is 49.7 Å². The Kier molecular flexibility index (Phi) is 10.4. The Morgan fingerprint density at radius 1 is 0.793 bits per heavy atom. The molecule has 0 aliphatic carbocycles. The Bertz CT molecular complexity index is 728. The second kappa shape index (κ2) is 13.4. The van der Waals surface area contributed by atoms with Gasteiger partial charge < -0.3 is 15.2 Å². The summed E-state index contributed by atoms with van der Waals surface area (Å²) in [6.45, 7) is 1.12. The van der Waals surface area contributed by atoms with E-state index in [1.807, 2.05) is 30.3 Å². The number of aryl methyl sites for hydroxylation is 2. The van der Waals surface area contributed by atoms with Gasteiger partial charge >= 0.3 is 5.97 Å². The predicted molar refractivity (Wildman–Crippen MR) is 114 cm³/mol. The quantitative estimate of drug-likeness (QED) is 0.464. The van der Waals surface area contributed by atoms with E-state index in [2.05, 4.69) is 29.6 Å². The fraction of sp³-hybridized carbons (Fsp3) is 0.417. The van der Waals surface area contributed by atoms with Crippen molar-refractivity contribution in [2.75, 3.05) is 13.2 Å². The van der Waals surface area contributed by atoms with Gasteiger partial charge in [0, 0.05) is 19.4 Å². The molecule has 2 N–H and O–H groups in total. The maximum Gasteiger partial charge on any atom is 0.303 e. The van der Waals surface area contributed by atoms with Gasteiger partial charge in [0.1, 0.15) is 5.75 Å². The summed E-state index contributed by atoms with van der Waals surface area (Å²) in [4.78, 5) is 22.2. The van der Waals surface area contributed by atoms with Crippen molar-refractivity contribution in [2.24, 2.45) is 0 Å². The number of amides is 1. The molecule has 0 bridgehead atoms. The lowest BCUT2D eigenvalue weighted by atomic mass is 10.1. The first-order valence-corrected chi connectivity index (χ1v) is 10.4. The second-order valence-electron chi connectivity index (χ2n) is 7.14. The van der Waals surface area contributed by atoms with E-state index in [4.69, 9.17) is 9.84 Å². The first kappa shape index (κ1) is 22.5. The van der Waals surface area contributed by atoms with E-state index in [1.165, 1.54) is 12.0 Å². The van der Waals surface area contributed by atoms with Gasteiger partial charge in [0.15, 0.2) is 0 Å². The molecular weight excluding hydrogens is 366 g/mol. The van der Waals surface area contributed by atoms with Gasteiger partial charge in [0.05, 0.1) is 6.61 Å². The molecule has 5 nitrogen and oxygen atoms in total. The summed E-state index contributed by atoms with van der Waals surface area (Å²) in [5.74, 6) is -0.0325. The summed E-state index contributed by atoms with van der Waals surface area (Å²) in [6, 6.07) is 18.4. The van der Waals surface area contributed by atoms with Gasteiger partial charge in [-0.2, -0.15) is 0 Å². The summed E-state index contributed by atoms with van der Waals surface area (Å²) in [7, 11) is 0. The summed E-state index contributed by atoms with van der Waals surface area (Å²) < 4.78 is 5.80. The zero-order chi connectivity index (χ0) is 20.7. The number of ether oxygens (including phenoxy) is 1. The number of rotatable bonds is 14. The molecule has 0 heterocycles. The van der Waals surface area contributed by atoms with Crippen LogP contribution >= 0.6 is 0 Å². The number of unbranched alkanes of at least 4 members (excludes halogenated alkanes) is 2. The van der Waals surface area contributed by atoms with E-state index in [-0.39, 0.29) is 12.3 Å². The van der Waals surface area contributed by atoms with Crippen LogP contribution in [-0.2, 0) is 22.4 Å². The van der Waals surface area contributed by atoms with E-state index < -0.39 is 5.97 Å². The molecule has 156 valence electrons. The minimum Gasteiger partial charge on any atom is -0.494 e. The van der Waals surface area contributed by atoms with Gasteiger partial charge in [0.2, 0.25) is 5.91 Å². The summed E-state index contributed by atoms with van der Waals surface area (Å²) >= 11 is 0. The third kappa shape index (κ3) is 10.3. The van der Waals surface area contributed by atoms with Gasteiger partial charge in [-0.3, -0.25) is 9.59 Å². The molecule has 29 heavy (non-hydrogen) atoms. The van der Waals surface area contributed by atoms with Crippen molar-refractivity contribution < 1.29 is 19.4 Å². The molecule has 0 aromatic heterocycles. The number of hydrogen-bond donors (Lipinski definition) is 2. The number of benzene rings is 2. The van der Waals surface area contributed by atoms with Crippen LogP contribution in [0.2, 0.25) is 0 Å². The summed E-state index contributed by atoms with van der Waals surface area (Å²) in [5.41, 5.74) is 2.47. The largest absolute Gasteiger partial charge is 0.494 e. The molecule has 0 fully saturated rings. The zero-order valence-corrected chi connectivity index (χ0v) is 16.9. The van der Waals surface area contributed by atoms with Gasteiger partial charge in [0.25, 0.3) is 0 Å². The lowest BCUT2D eigenvalue weighted by Gasteiger charge is -2.08. The molecule has 2 rings (SSSR count). The number of carboxylic acid groups (broad SMARTS) is 1. The highest BCUT2D eigenvalue weighted by Crippen LogP contribution is 2.14. The predicted octanol–water partition coefficient (Wildman–Crippen LogP) is 4.39. The molecule has 0 saturated carbocycles. The number of aliphatic carboxylic acids is 1. The highest BCUT2D eigenvalue weighted by atomic mass is 16.5. The fourth-order valence-electron chi connectivity index (χ4n) is 3.01. The van der Waals surface area contributed by atoms with Crippen molar-refractivity contribution in [1.29, 1.82) is 0 Å². The first-order chi connectivity index (χ1) is 14.1. The van der Waals surface area contributed by atoms with Crippen LogP contribution in [0.3, 0.4) is 0 Å². The Morgan fingerprint density at radius 2 is 1.52 bits per heavy atom. The lowest BCUT2D eigenvalue weighted by molar-refractivity contribution is -0.137. The van der Waals surface area contributed by atoms with Crippen LogP contribution in [0.25, 0.3) is 0 Å². The molecule has 0 atom stereocenters. The number of carboxylic acids is 1. The molecule has 0 aliphatic rings. The molecule has 1 amide bonds. The Labute approximate surface area is 173 Å². The molecule has 2 aromatic rings. The van der Waals surface area contributed by atoms with E-state index >= 15 is 0 Å². The topological polar surface area (TPSA) is 75.6 Å². The van der Waals surface area contributed by atoms with Crippen molar-refractivity contribution >= 4 is 11.9 Å². The van der Waals surface area contributed by atoms with Crippen molar-refractivity contribution in [3.8, 4) is 5.75 Å². The molecular formula is C24H31NO4. The van der Waals surface area contributed by atoms with Gasteiger partial charge in [-0.25, -0.2) is 0 Å². The number of hydrogen-bond acceptors (Lipinski definition) is 3. The van der Waals surface area contributed by atoms with E-state index in [0.29, 0.717) is 32.4 Å². The smallest absolute Gasteiger partial charge is 0.303 e. The fourth-order valence-corrected chi connectivity index (χ4v) is 3.01. The number of carbonyl (C=O) groups is 2. The molecule has 0 unspecified atom stereocenters. The lowest BCUT2D eigenvalue weighted by Crippen LogP contribution is -2.25. The summed E-state index contributed by atoms with van der Waals surface area (Å²) in [5, 5.41) is 11.3. The van der Waals surface area contributed by atoms with Crippen molar-refractivity contribution in [3.63, 3.8) is 0 Å². The maximum atomic E-state index is 11.8. The maximum absolute atomic E-state index is 11.8. The van der Waals surface area contributed by atoms with Crippen LogP contribution < -0.4 is 10.1 Å². The molecule has 0 aliphatic heterocycles. The molecule has 0 spiro atoms. The normalized spacial score (nSPS) is 10.5. The molecule has 2 aromatic carbocycles. The van der Waals surface area contributed by atoms with Gasteiger partial charge in [-0.05, 0) is 61.8 Å². The molecule has 0 saturated heterocycles. The molecule has 5 heteroatoms. The van der Waals surface area contributed by atoms with E-state index in [0.717, 1.165) is 30.6 Å². The highest BCUT2D eigenvalue weighted by Gasteiger charge is 2.03. The Hall–Kier alpha value is -2.82. The van der Waals surface area contributed by atoms with E-state index in [9.17, 15) is 9.59 Å². The van der Waals surface area contributed by atoms with Crippen molar-refractivity contribution in [3.05, 3.63) is 65.7 Å². The molecule has 0 radical (unpaired) electrons. The monoisotopic (exact) mass is 397 g/mol. The Morgan fingerprint density at radius 3 is 2.24 bits per heavy atom. The number of nitrogens with one attached hydrogen (secondary N) is 1. The van der Waals surface area contributed by atoms with Crippen LogP contribution in [0.5, 0.6) is 5.75 Å². The highest BCUT2D eigenvalue weighted by molar-refractivity contribution is 5.76. The standard InChI is InChI=1S/C24H31NO4/c26-23(25-18-7-11-24(27)28)17-14-21-12-15-22(16-13-21)29-19-6-2-5-10-20-8-3-1-4-9-20/h1,3-4,8-9,12-13,15-16H,2,5-7,10-11,14,17-19H2,(H,25,26)(H,27,28). The van der Waals surface area contributed by atoms with Crippen LogP contribution in [0.4, 0.5) is 0 Å². The SMILES string of the molecule is O=C(O)CCCNC(=O)CCc1ccc(OCCCCCc2ccccc2)cc1. The minimum atomic E-state index is -0.839. The van der Waals surface area contributed by atoms with Crippen LogP contribution in [-0.4, -0.2) is 30.1 Å². The second-order valence-corrected chi connectivity index (χ2v) is 7.14. The van der Waals surface area contributed by atoms with Crippen molar-refractivity contribution in [2.45, 2.75) is 51.4 Å². The average Bonchev–Trinajstić information content (AvgIpc) is 2.73. The van der Waals surface area contributed by atoms with Crippen molar-refractivity contribution in [1.82, 2.24) is 5.32 Å². The zero-order valence-electron chi connectivity index (χ0n) is 16.9. The van der Waals surface area contributed by atoms with Crippen LogP contribution in [0.15, 0.2) is 54.6 Å². The van der Waals surface area contributed by atoms with Gasteiger partial charge in [-0.15, -0.1) is 0 Å². The van der Waals surface area contributed by atoms with Crippen LogP contribution in [0, 0.1) is 0 Å². The number of carbonyl (C=O) groups excluding carboxylic acids is 1. The average molecular weight is 398 g/mol. The first-order valence-electron chi connectivity index (χ1n) is 10.4.